The number of alkyl halides is 1. The minimum Gasteiger partial charge on any atom is -0.426 e. The Balaban J connectivity index is 1.89. The van der Waals surface area contributed by atoms with Crippen LogP contribution in [0.4, 0.5) is 0 Å². The summed E-state index contributed by atoms with van der Waals surface area (Å²) in [5.41, 5.74) is 0. The highest BCUT2D eigenvalue weighted by Crippen LogP contribution is 2.28. The fraction of sp³-hybridized carbons (Fsp3) is 0.462. The quantitative estimate of drug-likeness (QED) is 0.449. The lowest BCUT2D eigenvalue weighted by molar-refractivity contribution is -0.139. The van der Waals surface area contributed by atoms with Gasteiger partial charge in [-0.2, -0.15) is 0 Å². The van der Waals surface area contributed by atoms with Gasteiger partial charge in [0.25, 0.3) is 0 Å². The summed E-state index contributed by atoms with van der Waals surface area (Å²) in [4.78, 5) is 11.8. The number of benzene rings is 1. The number of rotatable bonds is 2. The van der Waals surface area contributed by atoms with Gasteiger partial charge >= 0.3 is 5.97 Å². The average Bonchev–Trinajstić information content (AvgIpc) is 2.31. The summed E-state index contributed by atoms with van der Waals surface area (Å²) in [5, 5.41) is 0.237. The molecule has 1 aromatic rings. The minimum atomic E-state index is -0.116. The summed E-state index contributed by atoms with van der Waals surface area (Å²) in [6.07, 6.45) is 3.52. The van der Waals surface area contributed by atoms with Crippen LogP contribution in [0.1, 0.15) is 25.7 Å². The van der Waals surface area contributed by atoms with Gasteiger partial charge in [0.2, 0.25) is 0 Å². The molecule has 1 aliphatic carbocycles. The predicted molar refractivity (Wildman–Crippen MR) is 63.7 cm³/mol. The molecule has 0 N–H and O–H groups in total. The number of hydrogen-bond donors (Lipinski definition) is 0. The first kappa shape index (κ1) is 11.5. The Labute approximate surface area is 101 Å². The van der Waals surface area contributed by atoms with Crippen molar-refractivity contribution in [3.63, 3.8) is 0 Å². The van der Waals surface area contributed by atoms with Crippen LogP contribution >= 0.6 is 11.6 Å². The van der Waals surface area contributed by atoms with Crippen molar-refractivity contribution in [2.45, 2.75) is 31.1 Å². The third kappa shape index (κ3) is 2.99. The highest BCUT2D eigenvalue weighted by atomic mass is 35.5. The van der Waals surface area contributed by atoms with Crippen LogP contribution in [0.25, 0.3) is 0 Å². The van der Waals surface area contributed by atoms with Crippen LogP contribution in [0.15, 0.2) is 30.3 Å². The zero-order valence-electron chi connectivity index (χ0n) is 9.06. The Hall–Kier alpha value is -1.02. The largest absolute Gasteiger partial charge is 0.426 e. The van der Waals surface area contributed by atoms with E-state index in [-0.39, 0.29) is 17.3 Å². The number of esters is 1. The number of halogens is 1. The van der Waals surface area contributed by atoms with Crippen LogP contribution in [-0.4, -0.2) is 11.3 Å². The van der Waals surface area contributed by atoms with E-state index in [1.165, 1.54) is 0 Å². The van der Waals surface area contributed by atoms with E-state index in [9.17, 15) is 4.79 Å². The van der Waals surface area contributed by atoms with Gasteiger partial charge in [0.1, 0.15) is 5.75 Å². The Morgan fingerprint density at radius 1 is 1.12 bits per heavy atom. The third-order valence-electron chi connectivity index (χ3n) is 2.95. The molecule has 86 valence electrons. The minimum absolute atomic E-state index is 0.0233. The first-order chi connectivity index (χ1) is 7.75. The van der Waals surface area contributed by atoms with Gasteiger partial charge in [-0.3, -0.25) is 4.79 Å². The maximum atomic E-state index is 11.8. The molecule has 0 atom stereocenters. The van der Waals surface area contributed by atoms with Gasteiger partial charge in [-0.1, -0.05) is 18.2 Å². The van der Waals surface area contributed by atoms with Crippen molar-refractivity contribution in [3.8, 4) is 5.75 Å². The van der Waals surface area contributed by atoms with E-state index in [1.807, 2.05) is 18.2 Å². The number of carbonyl (C=O) groups excluding carboxylic acids is 1. The molecule has 16 heavy (non-hydrogen) atoms. The monoisotopic (exact) mass is 238 g/mol. The molecule has 0 radical (unpaired) electrons. The molecule has 1 fully saturated rings. The van der Waals surface area contributed by atoms with E-state index < -0.39 is 0 Å². The second-order valence-corrected chi connectivity index (χ2v) is 4.80. The van der Waals surface area contributed by atoms with E-state index >= 15 is 0 Å². The fourth-order valence-corrected chi connectivity index (χ4v) is 2.23. The van der Waals surface area contributed by atoms with E-state index in [0.717, 1.165) is 25.7 Å². The van der Waals surface area contributed by atoms with E-state index in [0.29, 0.717) is 5.75 Å². The molecule has 2 nitrogen and oxygen atoms in total. The Morgan fingerprint density at radius 2 is 1.75 bits per heavy atom. The standard InChI is InChI=1S/C13H15ClO2/c14-11-8-6-10(7-9-11)13(15)16-12-4-2-1-3-5-12/h1-5,10-11H,6-9H2. The van der Waals surface area contributed by atoms with E-state index in [1.54, 1.807) is 12.1 Å². The Bertz CT molecular complexity index is 342. The maximum absolute atomic E-state index is 11.8. The zero-order chi connectivity index (χ0) is 11.4. The number of hydrogen-bond acceptors (Lipinski definition) is 2. The molecule has 1 saturated carbocycles. The molecule has 0 heterocycles. The number of ether oxygens (including phenoxy) is 1. The van der Waals surface area contributed by atoms with Crippen molar-refractivity contribution in [1.29, 1.82) is 0 Å². The number of para-hydroxylation sites is 1. The summed E-state index contributed by atoms with van der Waals surface area (Å²) in [6.45, 7) is 0. The lowest BCUT2D eigenvalue weighted by Gasteiger charge is -2.23. The summed E-state index contributed by atoms with van der Waals surface area (Å²) in [6, 6.07) is 9.21. The summed E-state index contributed by atoms with van der Waals surface area (Å²) in [7, 11) is 0. The first-order valence-electron chi connectivity index (χ1n) is 5.66. The molecule has 0 aromatic heterocycles. The Morgan fingerprint density at radius 3 is 2.38 bits per heavy atom. The van der Waals surface area contributed by atoms with Crippen molar-refractivity contribution >= 4 is 17.6 Å². The topological polar surface area (TPSA) is 26.3 Å². The molecule has 0 aliphatic heterocycles. The van der Waals surface area contributed by atoms with Crippen LogP contribution in [0, 0.1) is 5.92 Å². The molecule has 1 aromatic carbocycles. The highest BCUT2D eigenvalue weighted by Gasteiger charge is 2.26. The maximum Gasteiger partial charge on any atom is 0.314 e. The van der Waals surface area contributed by atoms with Gasteiger partial charge in [0.15, 0.2) is 0 Å². The van der Waals surface area contributed by atoms with Crippen molar-refractivity contribution in [2.24, 2.45) is 5.92 Å². The lowest BCUT2D eigenvalue weighted by atomic mass is 9.89. The van der Waals surface area contributed by atoms with Crippen molar-refractivity contribution < 1.29 is 9.53 Å². The van der Waals surface area contributed by atoms with Crippen LogP contribution in [0.3, 0.4) is 0 Å². The summed E-state index contributed by atoms with van der Waals surface area (Å²) >= 11 is 5.99. The summed E-state index contributed by atoms with van der Waals surface area (Å²) < 4.78 is 5.31. The fourth-order valence-electron chi connectivity index (χ4n) is 1.98. The first-order valence-corrected chi connectivity index (χ1v) is 6.10. The molecule has 2 rings (SSSR count). The molecule has 1 aliphatic rings. The van der Waals surface area contributed by atoms with Crippen LogP contribution in [0.5, 0.6) is 5.75 Å². The zero-order valence-corrected chi connectivity index (χ0v) is 9.82. The van der Waals surface area contributed by atoms with Crippen LogP contribution in [0.2, 0.25) is 0 Å². The third-order valence-corrected chi connectivity index (χ3v) is 3.39. The van der Waals surface area contributed by atoms with Gasteiger partial charge in [-0.15, -0.1) is 11.6 Å². The van der Waals surface area contributed by atoms with Crippen LogP contribution in [-0.2, 0) is 4.79 Å². The molecule has 0 saturated heterocycles. The molecular weight excluding hydrogens is 224 g/mol. The van der Waals surface area contributed by atoms with Gasteiger partial charge in [0.05, 0.1) is 5.92 Å². The molecule has 0 amide bonds. The second-order valence-electron chi connectivity index (χ2n) is 4.18. The van der Waals surface area contributed by atoms with Crippen LogP contribution < -0.4 is 4.74 Å². The molecule has 0 spiro atoms. The van der Waals surface area contributed by atoms with E-state index in [4.69, 9.17) is 16.3 Å². The lowest BCUT2D eigenvalue weighted by Crippen LogP contribution is -2.25. The van der Waals surface area contributed by atoms with Crippen molar-refractivity contribution in [3.05, 3.63) is 30.3 Å². The SMILES string of the molecule is O=C(Oc1ccccc1)C1CCC(Cl)CC1. The molecule has 0 bridgehead atoms. The Kier molecular flexibility index (Phi) is 3.83. The predicted octanol–water partition coefficient (Wildman–Crippen LogP) is 3.39. The van der Waals surface area contributed by atoms with E-state index in [2.05, 4.69) is 0 Å². The average molecular weight is 239 g/mol. The molecular formula is C13H15ClO2. The second kappa shape index (κ2) is 5.35. The normalized spacial score (nSPS) is 25.1. The summed E-state index contributed by atoms with van der Waals surface area (Å²) in [5.74, 6) is 0.533. The van der Waals surface area contributed by atoms with Gasteiger partial charge in [0, 0.05) is 5.38 Å². The van der Waals surface area contributed by atoms with Gasteiger partial charge in [-0.25, -0.2) is 0 Å². The van der Waals surface area contributed by atoms with Gasteiger partial charge in [-0.05, 0) is 37.8 Å². The van der Waals surface area contributed by atoms with Crippen molar-refractivity contribution in [2.75, 3.05) is 0 Å². The van der Waals surface area contributed by atoms with Gasteiger partial charge < -0.3 is 4.74 Å². The highest BCUT2D eigenvalue weighted by molar-refractivity contribution is 6.20. The number of carbonyl (C=O) groups is 1. The van der Waals surface area contributed by atoms with Crippen molar-refractivity contribution in [1.82, 2.24) is 0 Å². The smallest absolute Gasteiger partial charge is 0.314 e. The molecule has 0 unspecified atom stereocenters. The molecule has 3 heteroatoms.